The smallest absolute Gasteiger partial charge is 0.227 e. The first-order chi connectivity index (χ1) is 12.0. The number of hydrogen-bond acceptors (Lipinski definition) is 2. The summed E-state index contributed by atoms with van der Waals surface area (Å²) in [6.45, 7) is 0. The highest BCUT2D eigenvalue weighted by Crippen LogP contribution is 2.31. The number of amides is 1. The predicted octanol–water partition coefficient (Wildman–Crippen LogP) is 4.65. The summed E-state index contributed by atoms with van der Waals surface area (Å²) in [5.74, 6) is -4.39. The molecule has 0 bridgehead atoms. The summed E-state index contributed by atoms with van der Waals surface area (Å²) in [6, 6.07) is 8.51. The van der Waals surface area contributed by atoms with Crippen molar-refractivity contribution in [2.24, 2.45) is 11.7 Å². The molecule has 1 amide bonds. The topological polar surface area (TPSA) is 55.1 Å². The van der Waals surface area contributed by atoms with Gasteiger partial charge in [-0.2, -0.15) is 0 Å². The number of halogens is 4. The van der Waals surface area contributed by atoms with Crippen molar-refractivity contribution in [2.75, 3.05) is 5.32 Å². The van der Waals surface area contributed by atoms with Crippen molar-refractivity contribution < 1.29 is 18.0 Å². The van der Waals surface area contributed by atoms with Crippen LogP contribution in [0.25, 0.3) is 11.1 Å². The molecule has 0 radical (unpaired) electrons. The summed E-state index contributed by atoms with van der Waals surface area (Å²) in [6.07, 6.45) is 3.19. The van der Waals surface area contributed by atoms with Gasteiger partial charge in [0.15, 0.2) is 17.5 Å². The number of rotatable bonds is 3. The molecule has 2 aromatic rings. The Labute approximate surface area is 156 Å². The van der Waals surface area contributed by atoms with Gasteiger partial charge in [-0.05, 0) is 43.0 Å². The van der Waals surface area contributed by atoms with Crippen LogP contribution in [0.1, 0.15) is 25.7 Å². The Balaban J connectivity index is 0.00000243. The first kappa shape index (κ1) is 20.3. The third kappa shape index (κ3) is 4.37. The summed E-state index contributed by atoms with van der Waals surface area (Å²) in [7, 11) is 0. The van der Waals surface area contributed by atoms with E-state index in [4.69, 9.17) is 5.73 Å². The van der Waals surface area contributed by atoms with Crippen LogP contribution in [0.2, 0.25) is 0 Å². The van der Waals surface area contributed by atoms with Gasteiger partial charge in [-0.1, -0.05) is 24.6 Å². The molecule has 1 aliphatic carbocycles. The van der Waals surface area contributed by atoms with Gasteiger partial charge >= 0.3 is 0 Å². The number of carbonyl (C=O) groups is 1. The molecule has 0 spiro atoms. The van der Waals surface area contributed by atoms with Gasteiger partial charge in [-0.25, -0.2) is 13.2 Å². The quantitative estimate of drug-likeness (QED) is 0.757. The van der Waals surface area contributed by atoms with Crippen LogP contribution in [-0.4, -0.2) is 11.9 Å². The summed E-state index contributed by atoms with van der Waals surface area (Å²) in [5.41, 5.74) is 6.94. The van der Waals surface area contributed by atoms with Crippen LogP contribution in [0.3, 0.4) is 0 Å². The van der Waals surface area contributed by atoms with E-state index in [1.165, 1.54) is 0 Å². The fourth-order valence-corrected chi connectivity index (χ4v) is 3.26. The first-order valence-electron chi connectivity index (χ1n) is 8.26. The number of para-hydroxylation sites is 1. The van der Waals surface area contributed by atoms with Crippen molar-refractivity contribution in [1.29, 1.82) is 0 Å². The highest BCUT2D eigenvalue weighted by atomic mass is 35.5. The summed E-state index contributed by atoms with van der Waals surface area (Å²) in [4.78, 5) is 12.5. The maximum atomic E-state index is 13.5. The van der Waals surface area contributed by atoms with Crippen molar-refractivity contribution in [3.63, 3.8) is 0 Å². The number of nitrogens with two attached hydrogens (primary N) is 1. The van der Waals surface area contributed by atoms with E-state index in [0.29, 0.717) is 17.7 Å². The van der Waals surface area contributed by atoms with Gasteiger partial charge in [0.1, 0.15) is 0 Å². The molecule has 1 fully saturated rings. The average molecular weight is 385 g/mol. The third-order valence-electron chi connectivity index (χ3n) is 4.57. The minimum absolute atomic E-state index is 0. The lowest BCUT2D eigenvalue weighted by Gasteiger charge is -2.26. The molecule has 2 unspecified atom stereocenters. The van der Waals surface area contributed by atoms with E-state index in [-0.39, 0.29) is 35.8 Å². The minimum atomic E-state index is -1.51. The molecule has 1 saturated carbocycles. The number of anilines is 1. The summed E-state index contributed by atoms with van der Waals surface area (Å²) in [5, 5.41) is 2.82. The third-order valence-corrected chi connectivity index (χ3v) is 4.57. The maximum Gasteiger partial charge on any atom is 0.227 e. The first-order valence-corrected chi connectivity index (χ1v) is 8.26. The number of hydrogen-bond donors (Lipinski definition) is 2. The summed E-state index contributed by atoms with van der Waals surface area (Å²) < 4.78 is 40.3. The standard InChI is InChI=1S/C19H19F3N2O.ClH/c20-15-9-12(10-16(21)18(15)22)14-6-1-2-7-17(14)24-19(25)11-4-3-5-13(23)8-11;/h1-2,6-7,9-11,13H,3-5,8,23H2,(H,24,25);1H. The molecule has 0 aliphatic heterocycles. The Morgan fingerprint density at radius 3 is 2.38 bits per heavy atom. The zero-order valence-corrected chi connectivity index (χ0v) is 14.8. The Morgan fingerprint density at radius 1 is 1.08 bits per heavy atom. The zero-order chi connectivity index (χ0) is 18.0. The Bertz CT molecular complexity index is 777. The molecule has 3 rings (SSSR count). The van der Waals surface area contributed by atoms with Crippen molar-refractivity contribution in [1.82, 2.24) is 0 Å². The molecule has 0 aromatic heterocycles. The van der Waals surface area contributed by atoms with Gasteiger partial charge in [0.05, 0.1) is 0 Å². The van der Waals surface area contributed by atoms with Crippen LogP contribution < -0.4 is 11.1 Å². The molecule has 140 valence electrons. The van der Waals surface area contributed by atoms with Crippen LogP contribution in [-0.2, 0) is 4.79 Å². The Morgan fingerprint density at radius 2 is 1.73 bits per heavy atom. The molecule has 26 heavy (non-hydrogen) atoms. The van der Waals surface area contributed by atoms with Gasteiger partial charge in [-0.3, -0.25) is 4.79 Å². The van der Waals surface area contributed by atoms with Crippen molar-refractivity contribution in [3.05, 3.63) is 53.8 Å². The van der Waals surface area contributed by atoms with Crippen molar-refractivity contribution in [3.8, 4) is 11.1 Å². The second-order valence-electron chi connectivity index (χ2n) is 6.41. The Kier molecular flexibility index (Phi) is 6.67. The van der Waals surface area contributed by atoms with Crippen LogP contribution in [0.4, 0.5) is 18.9 Å². The molecular formula is C19H20ClF3N2O. The fourth-order valence-electron chi connectivity index (χ4n) is 3.26. The fraction of sp³-hybridized carbons (Fsp3) is 0.316. The van der Waals surface area contributed by atoms with E-state index in [1.807, 2.05) is 0 Å². The van der Waals surface area contributed by atoms with E-state index < -0.39 is 17.5 Å². The van der Waals surface area contributed by atoms with Crippen LogP contribution in [0.5, 0.6) is 0 Å². The lowest BCUT2D eigenvalue weighted by molar-refractivity contribution is -0.120. The lowest BCUT2D eigenvalue weighted by Crippen LogP contribution is -2.34. The minimum Gasteiger partial charge on any atom is -0.328 e. The molecular weight excluding hydrogens is 365 g/mol. The predicted molar refractivity (Wildman–Crippen MR) is 97.6 cm³/mol. The number of nitrogens with one attached hydrogen (secondary N) is 1. The van der Waals surface area contributed by atoms with E-state index in [0.717, 1.165) is 31.4 Å². The molecule has 1 aliphatic rings. The number of carbonyl (C=O) groups excluding carboxylic acids is 1. The van der Waals surface area contributed by atoms with Crippen LogP contribution >= 0.6 is 12.4 Å². The SMILES string of the molecule is Cl.NC1CCCC(C(=O)Nc2ccccc2-c2cc(F)c(F)c(F)c2)C1. The van der Waals surface area contributed by atoms with Gasteiger partial charge in [-0.15, -0.1) is 12.4 Å². The highest BCUT2D eigenvalue weighted by molar-refractivity contribution is 5.96. The average Bonchev–Trinajstić information content (AvgIpc) is 2.59. The molecule has 2 aromatic carbocycles. The van der Waals surface area contributed by atoms with E-state index in [1.54, 1.807) is 24.3 Å². The van der Waals surface area contributed by atoms with E-state index >= 15 is 0 Å². The monoisotopic (exact) mass is 384 g/mol. The number of benzene rings is 2. The maximum absolute atomic E-state index is 13.5. The van der Waals surface area contributed by atoms with E-state index in [2.05, 4.69) is 5.32 Å². The Hall–Kier alpha value is -2.05. The van der Waals surface area contributed by atoms with Gasteiger partial charge < -0.3 is 11.1 Å². The van der Waals surface area contributed by atoms with Gasteiger partial charge in [0, 0.05) is 23.2 Å². The normalized spacial score (nSPS) is 19.5. The second-order valence-corrected chi connectivity index (χ2v) is 6.41. The second kappa shape index (κ2) is 8.56. The van der Waals surface area contributed by atoms with E-state index in [9.17, 15) is 18.0 Å². The van der Waals surface area contributed by atoms with Crippen molar-refractivity contribution in [2.45, 2.75) is 31.7 Å². The molecule has 7 heteroatoms. The van der Waals surface area contributed by atoms with Gasteiger partial charge in [0.25, 0.3) is 0 Å². The molecule has 3 nitrogen and oxygen atoms in total. The van der Waals surface area contributed by atoms with Crippen LogP contribution in [0.15, 0.2) is 36.4 Å². The molecule has 3 N–H and O–H groups in total. The lowest BCUT2D eigenvalue weighted by atomic mass is 9.85. The molecule has 0 saturated heterocycles. The summed E-state index contributed by atoms with van der Waals surface area (Å²) >= 11 is 0. The molecule has 0 heterocycles. The largest absolute Gasteiger partial charge is 0.328 e. The van der Waals surface area contributed by atoms with Crippen LogP contribution in [0, 0.1) is 23.4 Å². The zero-order valence-electron chi connectivity index (χ0n) is 14.0. The van der Waals surface area contributed by atoms with Gasteiger partial charge in [0.2, 0.25) is 5.91 Å². The highest BCUT2D eigenvalue weighted by Gasteiger charge is 2.26. The molecule has 2 atom stereocenters. The van der Waals surface area contributed by atoms with Crippen molar-refractivity contribution >= 4 is 24.0 Å².